The summed E-state index contributed by atoms with van der Waals surface area (Å²) in [7, 11) is 2.10. The Morgan fingerprint density at radius 1 is 1.22 bits per heavy atom. The number of carbonyl (C=O) groups is 1. The van der Waals surface area contributed by atoms with Crippen molar-refractivity contribution in [1.29, 1.82) is 0 Å². The van der Waals surface area contributed by atoms with Gasteiger partial charge in [-0.1, -0.05) is 20.8 Å². The van der Waals surface area contributed by atoms with Crippen molar-refractivity contribution in [3.63, 3.8) is 0 Å². The first-order valence-corrected chi connectivity index (χ1v) is 8.73. The summed E-state index contributed by atoms with van der Waals surface area (Å²) in [5.74, 6) is 0. The van der Waals surface area contributed by atoms with Crippen LogP contribution in [0.1, 0.15) is 60.8 Å². The first-order chi connectivity index (χ1) is 10.4. The highest BCUT2D eigenvalue weighted by molar-refractivity contribution is 5.68. The molecule has 0 aliphatic carbocycles. The number of aliphatic hydroxyl groups is 1. The Morgan fingerprint density at radius 3 is 2.17 bits per heavy atom. The van der Waals surface area contributed by atoms with Crippen molar-refractivity contribution in [2.75, 3.05) is 26.7 Å². The smallest absolute Gasteiger partial charge is 0.410 e. The SMILES string of the molecule is CN1CCC(N(CC(O)CC(C)(C)C)C(=O)OC(C)(C)C)CC1. The van der Waals surface area contributed by atoms with Crippen LogP contribution in [0.4, 0.5) is 4.79 Å². The van der Waals surface area contributed by atoms with E-state index in [1.54, 1.807) is 4.90 Å². The number of likely N-dealkylation sites (tertiary alicyclic amines) is 1. The molecule has 1 aliphatic rings. The van der Waals surface area contributed by atoms with Gasteiger partial charge in [-0.25, -0.2) is 4.79 Å². The predicted molar refractivity (Wildman–Crippen MR) is 93.5 cm³/mol. The number of amides is 1. The maximum Gasteiger partial charge on any atom is 0.410 e. The monoisotopic (exact) mass is 328 g/mol. The normalized spacial score (nSPS) is 19.5. The first kappa shape index (κ1) is 20.2. The predicted octanol–water partition coefficient (Wildman–Crippen LogP) is 3.11. The topological polar surface area (TPSA) is 53.0 Å². The van der Waals surface area contributed by atoms with Gasteiger partial charge < -0.3 is 19.6 Å². The van der Waals surface area contributed by atoms with Crippen molar-refractivity contribution in [1.82, 2.24) is 9.80 Å². The number of ether oxygens (including phenoxy) is 1. The fraction of sp³-hybridized carbons (Fsp3) is 0.944. The lowest BCUT2D eigenvalue weighted by Gasteiger charge is -2.39. The Bertz CT molecular complexity index is 377. The van der Waals surface area contributed by atoms with Crippen molar-refractivity contribution in [2.24, 2.45) is 5.41 Å². The highest BCUT2D eigenvalue weighted by Gasteiger charge is 2.32. The molecule has 1 heterocycles. The van der Waals surface area contributed by atoms with Gasteiger partial charge in [0.05, 0.1) is 12.6 Å². The summed E-state index contributed by atoms with van der Waals surface area (Å²) >= 11 is 0. The summed E-state index contributed by atoms with van der Waals surface area (Å²) in [4.78, 5) is 16.7. The number of hydrogen-bond acceptors (Lipinski definition) is 4. The van der Waals surface area contributed by atoms with E-state index < -0.39 is 11.7 Å². The standard InChI is InChI=1S/C18H36N2O3/c1-17(2,3)12-15(21)13-20(16(22)23-18(4,5)6)14-8-10-19(7)11-9-14/h14-15,21H,8-13H2,1-7H3. The van der Waals surface area contributed by atoms with Crippen molar-refractivity contribution in [3.8, 4) is 0 Å². The minimum absolute atomic E-state index is 0.0335. The van der Waals surface area contributed by atoms with E-state index in [2.05, 4.69) is 32.7 Å². The number of carbonyl (C=O) groups excluding carboxylic acids is 1. The van der Waals surface area contributed by atoms with Gasteiger partial charge in [0.25, 0.3) is 0 Å². The zero-order valence-corrected chi connectivity index (χ0v) is 16.1. The molecule has 0 spiro atoms. The average molecular weight is 328 g/mol. The molecule has 136 valence electrons. The number of rotatable bonds is 4. The Kier molecular flexibility index (Phi) is 6.90. The second-order valence-electron chi connectivity index (χ2n) is 9.09. The second kappa shape index (κ2) is 7.84. The van der Waals surface area contributed by atoms with E-state index >= 15 is 0 Å². The average Bonchev–Trinajstić information content (AvgIpc) is 2.33. The van der Waals surface area contributed by atoms with E-state index in [1.807, 2.05) is 20.8 Å². The summed E-state index contributed by atoms with van der Waals surface area (Å²) in [6.45, 7) is 14.2. The van der Waals surface area contributed by atoms with Gasteiger partial charge in [0, 0.05) is 6.04 Å². The Balaban J connectivity index is 2.77. The molecule has 0 aromatic heterocycles. The summed E-state index contributed by atoms with van der Waals surface area (Å²) < 4.78 is 5.57. The molecule has 5 nitrogen and oxygen atoms in total. The molecule has 0 aromatic carbocycles. The fourth-order valence-corrected chi connectivity index (χ4v) is 3.00. The molecule has 1 atom stereocenters. The Hall–Kier alpha value is -0.810. The van der Waals surface area contributed by atoms with Crippen LogP contribution in [-0.4, -0.2) is 65.4 Å². The van der Waals surface area contributed by atoms with E-state index in [4.69, 9.17) is 4.74 Å². The van der Waals surface area contributed by atoms with Crippen molar-refractivity contribution < 1.29 is 14.6 Å². The largest absolute Gasteiger partial charge is 0.444 e. The molecule has 23 heavy (non-hydrogen) atoms. The van der Waals surface area contributed by atoms with Crippen molar-refractivity contribution in [3.05, 3.63) is 0 Å². The maximum atomic E-state index is 12.6. The molecule has 0 saturated carbocycles. The fourth-order valence-electron chi connectivity index (χ4n) is 3.00. The molecule has 1 rings (SSSR count). The minimum atomic E-state index is -0.526. The second-order valence-corrected chi connectivity index (χ2v) is 9.09. The van der Waals surface area contributed by atoms with E-state index in [9.17, 15) is 9.90 Å². The minimum Gasteiger partial charge on any atom is -0.444 e. The molecular formula is C18H36N2O3. The van der Waals surface area contributed by atoms with Gasteiger partial charge >= 0.3 is 6.09 Å². The molecule has 1 aliphatic heterocycles. The van der Waals surface area contributed by atoms with Crippen LogP contribution >= 0.6 is 0 Å². The maximum absolute atomic E-state index is 12.6. The number of piperidine rings is 1. The third kappa shape index (κ3) is 8.02. The molecule has 1 N–H and O–H groups in total. The summed E-state index contributed by atoms with van der Waals surface area (Å²) in [6.07, 6.45) is 1.69. The first-order valence-electron chi connectivity index (χ1n) is 8.73. The lowest BCUT2D eigenvalue weighted by Crippen LogP contribution is -2.51. The lowest BCUT2D eigenvalue weighted by atomic mass is 9.89. The van der Waals surface area contributed by atoms with Crippen LogP contribution in [0, 0.1) is 5.41 Å². The van der Waals surface area contributed by atoms with Gasteiger partial charge in [-0.05, 0) is 65.6 Å². The molecule has 1 fully saturated rings. The molecular weight excluding hydrogens is 292 g/mol. The highest BCUT2D eigenvalue weighted by atomic mass is 16.6. The van der Waals surface area contributed by atoms with E-state index in [-0.39, 0.29) is 17.6 Å². The van der Waals surface area contributed by atoms with Crippen molar-refractivity contribution in [2.45, 2.75) is 78.6 Å². The Labute approximate surface area is 142 Å². The van der Waals surface area contributed by atoms with Gasteiger partial charge in [0.1, 0.15) is 5.60 Å². The number of nitrogens with zero attached hydrogens (tertiary/aromatic N) is 2. The third-order valence-electron chi connectivity index (χ3n) is 4.01. The lowest BCUT2D eigenvalue weighted by molar-refractivity contribution is -0.00827. The summed E-state index contributed by atoms with van der Waals surface area (Å²) in [5, 5.41) is 10.4. The van der Waals surface area contributed by atoms with Crippen LogP contribution in [0.15, 0.2) is 0 Å². The molecule has 0 bridgehead atoms. The van der Waals surface area contributed by atoms with E-state index in [0.29, 0.717) is 13.0 Å². The van der Waals surface area contributed by atoms with Gasteiger partial charge in [0.15, 0.2) is 0 Å². The van der Waals surface area contributed by atoms with E-state index in [0.717, 1.165) is 25.9 Å². The zero-order valence-electron chi connectivity index (χ0n) is 16.1. The van der Waals surface area contributed by atoms with Crippen LogP contribution < -0.4 is 0 Å². The van der Waals surface area contributed by atoms with Gasteiger partial charge in [-0.3, -0.25) is 0 Å². The molecule has 1 unspecified atom stereocenters. The zero-order chi connectivity index (χ0) is 17.8. The summed E-state index contributed by atoms with van der Waals surface area (Å²) in [5.41, 5.74) is -0.485. The van der Waals surface area contributed by atoms with Crippen LogP contribution in [0.5, 0.6) is 0 Å². The molecule has 0 aromatic rings. The Morgan fingerprint density at radius 2 is 1.74 bits per heavy atom. The number of hydrogen-bond donors (Lipinski definition) is 1. The highest BCUT2D eigenvalue weighted by Crippen LogP contribution is 2.24. The summed E-state index contributed by atoms with van der Waals surface area (Å²) in [6, 6.07) is 0.149. The van der Waals surface area contributed by atoms with Crippen molar-refractivity contribution >= 4 is 6.09 Å². The quantitative estimate of drug-likeness (QED) is 0.861. The molecule has 0 radical (unpaired) electrons. The van der Waals surface area contributed by atoms with Gasteiger partial charge in [-0.15, -0.1) is 0 Å². The molecule has 1 amide bonds. The van der Waals surface area contributed by atoms with Gasteiger partial charge in [0.2, 0.25) is 0 Å². The number of aliphatic hydroxyl groups excluding tert-OH is 1. The van der Waals surface area contributed by atoms with E-state index in [1.165, 1.54) is 0 Å². The van der Waals surface area contributed by atoms with Crippen LogP contribution in [-0.2, 0) is 4.74 Å². The van der Waals surface area contributed by atoms with Crippen LogP contribution in [0.3, 0.4) is 0 Å². The van der Waals surface area contributed by atoms with Gasteiger partial charge in [-0.2, -0.15) is 0 Å². The molecule has 5 heteroatoms. The van der Waals surface area contributed by atoms with Crippen LogP contribution in [0.25, 0.3) is 0 Å². The third-order valence-corrected chi connectivity index (χ3v) is 4.01. The van der Waals surface area contributed by atoms with Crippen LogP contribution in [0.2, 0.25) is 0 Å². The molecule has 1 saturated heterocycles.